The van der Waals surface area contributed by atoms with Crippen LogP contribution in [-0.4, -0.2) is 23.0 Å². The van der Waals surface area contributed by atoms with E-state index in [2.05, 4.69) is 0 Å². The second-order valence-electron chi connectivity index (χ2n) is 6.71. The molecular formula is C14H25NO4. The van der Waals surface area contributed by atoms with Crippen molar-refractivity contribution in [2.75, 3.05) is 6.54 Å². The highest BCUT2D eigenvalue weighted by Crippen LogP contribution is 2.46. The van der Waals surface area contributed by atoms with E-state index in [1.807, 2.05) is 27.7 Å². The summed E-state index contributed by atoms with van der Waals surface area (Å²) in [5, 5.41) is 10.8. The van der Waals surface area contributed by atoms with Crippen molar-refractivity contribution in [3.8, 4) is 0 Å². The lowest BCUT2D eigenvalue weighted by Crippen LogP contribution is -2.30. The van der Waals surface area contributed by atoms with Gasteiger partial charge in [0.05, 0.1) is 5.92 Å². The van der Waals surface area contributed by atoms with Crippen molar-refractivity contribution in [3.05, 3.63) is 10.1 Å². The third-order valence-corrected chi connectivity index (χ3v) is 3.69. The molecule has 1 fully saturated rings. The Morgan fingerprint density at radius 1 is 1.47 bits per heavy atom. The lowest BCUT2D eigenvalue weighted by atomic mass is 9.81. The number of rotatable bonds is 5. The lowest BCUT2D eigenvalue weighted by Gasteiger charge is -2.25. The van der Waals surface area contributed by atoms with Crippen molar-refractivity contribution in [2.45, 2.75) is 65.4 Å². The molecule has 0 amide bonds. The molecule has 1 rings (SSSR count). The van der Waals surface area contributed by atoms with Gasteiger partial charge in [-0.3, -0.25) is 14.9 Å². The van der Waals surface area contributed by atoms with Gasteiger partial charge >= 0.3 is 5.97 Å². The molecule has 19 heavy (non-hydrogen) atoms. The molecule has 110 valence electrons. The summed E-state index contributed by atoms with van der Waals surface area (Å²) in [6.07, 6.45) is 3.79. The van der Waals surface area contributed by atoms with Crippen molar-refractivity contribution in [3.63, 3.8) is 0 Å². The molecule has 1 saturated carbocycles. The topological polar surface area (TPSA) is 69.4 Å². The Balaban J connectivity index is 2.68. The largest absolute Gasteiger partial charge is 0.460 e. The van der Waals surface area contributed by atoms with Crippen LogP contribution >= 0.6 is 0 Å². The summed E-state index contributed by atoms with van der Waals surface area (Å²) in [6.45, 7) is 7.53. The summed E-state index contributed by atoms with van der Waals surface area (Å²) >= 11 is 0. The van der Waals surface area contributed by atoms with E-state index in [-0.39, 0.29) is 28.8 Å². The molecular weight excluding hydrogens is 246 g/mol. The molecule has 1 aliphatic carbocycles. The molecule has 0 radical (unpaired) electrons. The summed E-state index contributed by atoms with van der Waals surface area (Å²) in [6, 6.07) is 0. The van der Waals surface area contributed by atoms with Gasteiger partial charge in [0, 0.05) is 10.3 Å². The van der Waals surface area contributed by atoms with Crippen molar-refractivity contribution in [1.29, 1.82) is 0 Å². The molecule has 1 aliphatic rings. The van der Waals surface area contributed by atoms with Gasteiger partial charge in [-0.05, 0) is 46.5 Å². The molecule has 5 heteroatoms. The van der Waals surface area contributed by atoms with Crippen LogP contribution in [-0.2, 0) is 9.53 Å². The number of nitro groups is 1. The summed E-state index contributed by atoms with van der Waals surface area (Å²) in [5.41, 5.74) is -0.796. The number of hydrogen-bond donors (Lipinski definition) is 0. The van der Waals surface area contributed by atoms with Crippen LogP contribution < -0.4 is 0 Å². The van der Waals surface area contributed by atoms with Gasteiger partial charge in [0.25, 0.3) is 0 Å². The maximum absolute atomic E-state index is 12.0. The van der Waals surface area contributed by atoms with E-state index in [9.17, 15) is 14.9 Å². The number of esters is 1. The second kappa shape index (κ2) is 5.88. The van der Waals surface area contributed by atoms with E-state index < -0.39 is 5.60 Å². The highest BCUT2D eigenvalue weighted by atomic mass is 16.6. The normalized spacial score (nSPS) is 27.3. The predicted molar refractivity (Wildman–Crippen MR) is 72.4 cm³/mol. The molecule has 0 saturated heterocycles. The first-order valence-corrected chi connectivity index (χ1v) is 7.02. The summed E-state index contributed by atoms with van der Waals surface area (Å²) in [7, 11) is 0. The molecule has 0 heterocycles. The van der Waals surface area contributed by atoms with E-state index in [1.54, 1.807) is 0 Å². The van der Waals surface area contributed by atoms with E-state index in [4.69, 9.17) is 4.74 Å². The fraction of sp³-hybridized carbons (Fsp3) is 0.929. The first-order chi connectivity index (χ1) is 8.67. The molecule has 5 nitrogen and oxygen atoms in total. The van der Waals surface area contributed by atoms with Crippen LogP contribution in [0.25, 0.3) is 0 Å². The Labute approximate surface area is 114 Å². The van der Waals surface area contributed by atoms with Crippen LogP contribution in [0.1, 0.15) is 59.8 Å². The van der Waals surface area contributed by atoms with Gasteiger partial charge < -0.3 is 4.74 Å². The summed E-state index contributed by atoms with van der Waals surface area (Å²) < 4.78 is 5.39. The molecule has 0 aromatic heterocycles. The van der Waals surface area contributed by atoms with E-state index in [1.165, 1.54) is 0 Å². The zero-order valence-electron chi connectivity index (χ0n) is 12.4. The number of hydrogen-bond acceptors (Lipinski definition) is 4. The Bertz CT molecular complexity index is 348. The van der Waals surface area contributed by atoms with Crippen LogP contribution in [0.5, 0.6) is 0 Å². The SMILES string of the molecule is CCCC1(C[N+](=O)[O-])CC[C@H](C(=O)OC(C)(C)C)C1. The molecule has 0 aliphatic heterocycles. The average Bonchev–Trinajstić information content (AvgIpc) is 2.59. The second-order valence-corrected chi connectivity index (χ2v) is 6.71. The monoisotopic (exact) mass is 271 g/mol. The number of carbonyl (C=O) groups is 1. The van der Waals surface area contributed by atoms with E-state index in [0.29, 0.717) is 12.8 Å². The lowest BCUT2D eigenvalue weighted by molar-refractivity contribution is -0.497. The highest BCUT2D eigenvalue weighted by Gasteiger charge is 2.45. The van der Waals surface area contributed by atoms with Crippen LogP contribution in [0, 0.1) is 21.4 Å². The first-order valence-electron chi connectivity index (χ1n) is 7.02. The zero-order valence-corrected chi connectivity index (χ0v) is 12.4. The average molecular weight is 271 g/mol. The number of carbonyl (C=O) groups excluding carboxylic acids is 1. The Morgan fingerprint density at radius 2 is 2.11 bits per heavy atom. The molecule has 0 bridgehead atoms. The number of ether oxygens (including phenoxy) is 1. The summed E-state index contributed by atoms with van der Waals surface area (Å²) in [4.78, 5) is 22.6. The quantitative estimate of drug-likeness (QED) is 0.437. The minimum absolute atomic E-state index is 0.0276. The Kier molecular flexibility index (Phi) is 4.93. The molecule has 2 atom stereocenters. The predicted octanol–water partition coefficient (Wildman–Crippen LogP) is 3.19. The van der Waals surface area contributed by atoms with Gasteiger partial charge in [-0.1, -0.05) is 13.3 Å². The van der Waals surface area contributed by atoms with Crippen molar-refractivity contribution in [2.24, 2.45) is 11.3 Å². The molecule has 1 unspecified atom stereocenters. The first kappa shape index (κ1) is 15.9. The van der Waals surface area contributed by atoms with Crippen molar-refractivity contribution >= 4 is 5.97 Å². The van der Waals surface area contributed by atoms with Gasteiger partial charge in [0.15, 0.2) is 0 Å². The number of nitrogens with zero attached hydrogens (tertiary/aromatic N) is 1. The highest BCUT2D eigenvalue weighted by molar-refractivity contribution is 5.73. The Morgan fingerprint density at radius 3 is 2.58 bits per heavy atom. The van der Waals surface area contributed by atoms with Gasteiger partial charge in [-0.15, -0.1) is 0 Å². The maximum atomic E-state index is 12.0. The molecule has 0 aromatic rings. The fourth-order valence-electron chi connectivity index (χ4n) is 3.05. The zero-order chi connectivity index (χ0) is 14.7. The standard InChI is InChI=1S/C14H25NO4/c1-5-7-14(10-15(17)18)8-6-11(9-14)12(16)19-13(2,3)4/h11H,5-10H2,1-4H3/t11-,14?/m0/s1. The van der Waals surface area contributed by atoms with Crippen LogP contribution in [0.3, 0.4) is 0 Å². The summed E-state index contributed by atoms with van der Waals surface area (Å²) in [5.74, 6) is -0.375. The minimum atomic E-state index is -0.490. The van der Waals surface area contributed by atoms with Gasteiger partial charge in [-0.25, -0.2) is 0 Å². The van der Waals surface area contributed by atoms with Crippen LogP contribution in [0.2, 0.25) is 0 Å². The van der Waals surface area contributed by atoms with Gasteiger partial charge in [0.1, 0.15) is 5.60 Å². The van der Waals surface area contributed by atoms with Gasteiger partial charge in [-0.2, -0.15) is 0 Å². The van der Waals surface area contributed by atoms with E-state index >= 15 is 0 Å². The van der Waals surface area contributed by atoms with E-state index in [0.717, 1.165) is 19.3 Å². The Hall–Kier alpha value is -1.13. The van der Waals surface area contributed by atoms with Gasteiger partial charge in [0.2, 0.25) is 6.54 Å². The molecule has 0 N–H and O–H groups in total. The van der Waals surface area contributed by atoms with Crippen LogP contribution in [0.15, 0.2) is 0 Å². The minimum Gasteiger partial charge on any atom is -0.460 e. The third-order valence-electron chi connectivity index (χ3n) is 3.69. The van der Waals surface area contributed by atoms with Crippen LogP contribution in [0.4, 0.5) is 0 Å². The fourth-order valence-corrected chi connectivity index (χ4v) is 3.05. The van der Waals surface area contributed by atoms with Crippen molar-refractivity contribution in [1.82, 2.24) is 0 Å². The maximum Gasteiger partial charge on any atom is 0.309 e. The third kappa shape index (κ3) is 4.80. The molecule has 0 spiro atoms. The van der Waals surface area contributed by atoms with Crippen molar-refractivity contribution < 1.29 is 14.5 Å². The smallest absolute Gasteiger partial charge is 0.309 e. The molecule has 0 aromatic carbocycles.